The number of hydrogen-bond donors (Lipinski definition) is 1. The monoisotopic (exact) mass is 347 g/mol. The van der Waals surface area contributed by atoms with Crippen molar-refractivity contribution in [3.8, 4) is 11.5 Å². The van der Waals surface area contributed by atoms with Crippen molar-refractivity contribution < 1.29 is 24.2 Å². The molecule has 1 heterocycles. The molecule has 3 atom stereocenters. The molecule has 25 heavy (non-hydrogen) atoms. The molecule has 1 saturated carbocycles. The molecule has 0 aromatic heterocycles. The maximum atomic E-state index is 12.7. The molecule has 0 spiro atoms. The van der Waals surface area contributed by atoms with Crippen molar-refractivity contribution in [1.82, 2.24) is 4.90 Å². The summed E-state index contributed by atoms with van der Waals surface area (Å²) < 4.78 is 11.0. The second-order valence-electron chi connectivity index (χ2n) is 6.70. The van der Waals surface area contributed by atoms with Crippen LogP contribution in [0.4, 0.5) is 0 Å². The highest BCUT2D eigenvalue weighted by Gasteiger charge is 2.47. The van der Waals surface area contributed by atoms with Crippen molar-refractivity contribution in [2.24, 2.45) is 5.92 Å². The molecule has 6 nitrogen and oxygen atoms in total. The summed E-state index contributed by atoms with van der Waals surface area (Å²) in [6.07, 6.45) is 4.64. The lowest BCUT2D eigenvalue weighted by molar-refractivity contribution is -0.150. The fourth-order valence-electron chi connectivity index (χ4n) is 4.06. The van der Waals surface area contributed by atoms with E-state index in [1.807, 2.05) is 6.92 Å². The number of benzene rings is 1. The Labute approximate surface area is 147 Å². The number of rotatable bonds is 6. The van der Waals surface area contributed by atoms with Gasteiger partial charge >= 0.3 is 5.97 Å². The van der Waals surface area contributed by atoms with Gasteiger partial charge in [0, 0.05) is 6.04 Å². The van der Waals surface area contributed by atoms with E-state index in [2.05, 4.69) is 0 Å². The smallest absolute Gasteiger partial charge is 0.326 e. The van der Waals surface area contributed by atoms with Crippen molar-refractivity contribution >= 4 is 11.9 Å². The Hall–Kier alpha value is -2.24. The summed E-state index contributed by atoms with van der Waals surface area (Å²) >= 11 is 0. The van der Waals surface area contributed by atoms with Crippen LogP contribution in [0.25, 0.3) is 0 Å². The number of likely N-dealkylation sites (tertiary alicyclic amines) is 1. The van der Waals surface area contributed by atoms with E-state index in [0.717, 1.165) is 31.4 Å². The van der Waals surface area contributed by atoms with E-state index in [1.54, 1.807) is 29.2 Å². The fraction of sp³-hybridized carbons (Fsp3) is 0.579. The molecular formula is C19H25NO5. The Morgan fingerprint density at radius 3 is 2.40 bits per heavy atom. The molecule has 3 rings (SSSR count). The molecule has 136 valence electrons. The third-order valence-electron chi connectivity index (χ3n) is 5.16. The summed E-state index contributed by atoms with van der Waals surface area (Å²) in [6, 6.07) is 6.41. The molecule has 1 aromatic rings. The number of carboxylic acid groups (broad SMARTS) is 1. The van der Waals surface area contributed by atoms with Crippen LogP contribution in [0, 0.1) is 5.92 Å². The van der Waals surface area contributed by atoms with Crippen molar-refractivity contribution in [3.05, 3.63) is 24.3 Å². The fourth-order valence-corrected chi connectivity index (χ4v) is 4.06. The van der Waals surface area contributed by atoms with Crippen LogP contribution in [0.1, 0.15) is 39.0 Å². The molecule has 1 amide bonds. The molecule has 0 bridgehead atoms. The van der Waals surface area contributed by atoms with Crippen LogP contribution in [0.5, 0.6) is 11.5 Å². The summed E-state index contributed by atoms with van der Waals surface area (Å²) in [6.45, 7) is 2.37. The van der Waals surface area contributed by atoms with Gasteiger partial charge in [-0.2, -0.15) is 0 Å². The highest BCUT2D eigenvalue weighted by Crippen LogP contribution is 2.39. The molecule has 1 aliphatic carbocycles. The largest absolute Gasteiger partial charge is 0.494 e. The van der Waals surface area contributed by atoms with Gasteiger partial charge in [0.1, 0.15) is 17.5 Å². The van der Waals surface area contributed by atoms with E-state index in [9.17, 15) is 14.7 Å². The summed E-state index contributed by atoms with van der Waals surface area (Å²) in [7, 11) is 0. The van der Waals surface area contributed by atoms with Gasteiger partial charge in [0.2, 0.25) is 0 Å². The van der Waals surface area contributed by atoms with Gasteiger partial charge in [-0.25, -0.2) is 4.79 Å². The number of ether oxygens (including phenoxy) is 2. The highest BCUT2D eigenvalue weighted by atomic mass is 16.5. The second kappa shape index (κ2) is 7.76. The molecule has 1 aromatic carbocycles. The molecule has 2 fully saturated rings. The Morgan fingerprint density at radius 2 is 1.76 bits per heavy atom. The minimum atomic E-state index is -0.913. The highest BCUT2D eigenvalue weighted by molar-refractivity contribution is 5.85. The van der Waals surface area contributed by atoms with Crippen molar-refractivity contribution in [2.45, 2.75) is 51.1 Å². The van der Waals surface area contributed by atoms with Crippen LogP contribution >= 0.6 is 0 Å². The Kier molecular flexibility index (Phi) is 5.46. The van der Waals surface area contributed by atoms with E-state index in [1.165, 1.54) is 0 Å². The van der Waals surface area contributed by atoms with E-state index in [4.69, 9.17) is 9.47 Å². The molecule has 1 aliphatic heterocycles. The lowest BCUT2D eigenvalue weighted by Gasteiger charge is -2.32. The first-order valence-electron chi connectivity index (χ1n) is 8.99. The zero-order chi connectivity index (χ0) is 17.8. The van der Waals surface area contributed by atoms with Crippen LogP contribution in [-0.4, -0.2) is 47.2 Å². The molecule has 2 aliphatic rings. The topological polar surface area (TPSA) is 76.1 Å². The first-order valence-corrected chi connectivity index (χ1v) is 8.99. The van der Waals surface area contributed by atoms with Crippen LogP contribution in [-0.2, 0) is 9.59 Å². The molecule has 0 radical (unpaired) electrons. The van der Waals surface area contributed by atoms with E-state index < -0.39 is 12.0 Å². The predicted octanol–water partition coefficient (Wildman–Crippen LogP) is 2.71. The van der Waals surface area contributed by atoms with Gasteiger partial charge in [0.05, 0.1) is 6.61 Å². The van der Waals surface area contributed by atoms with Gasteiger partial charge in [-0.15, -0.1) is 0 Å². The number of fused-ring (bicyclic) bond motifs is 1. The number of nitrogens with zero attached hydrogens (tertiary/aromatic N) is 1. The van der Waals surface area contributed by atoms with Crippen molar-refractivity contribution in [2.75, 3.05) is 13.2 Å². The normalized spacial score (nSPS) is 25.3. The van der Waals surface area contributed by atoms with Crippen LogP contribution in [0.2, 0.25) is 0 Å². The Bertz CT molecular complexity index is 615. The van der Waals surface area contributed by atoms with Crippen LogP contribution in [0.3, 0.4) is 0 Å². The average molecular weight is 347 g/mol. The lowest BCUT2D eigenvalue weighted by Crippen LogP contribution is -2.48. The molecular weight excluding hydrogens is 322 g/mol. The van der Waals surface area contributed by atoms with E-state index in [-0.39, 0.29) is 18.6 Å². The Balaban J connectivity index is 1.63. The number of amides is 1. The zero-order valence-corrected chi connectivity index (χ0v) is 14.5. The number of hydrogen-bond acceptors (Lipinski definition) is 4. The Morgan fingerprint density at radius 1 is 1.12 bits per heavy atom. The van der Waals surface area contributed by atoms with Gasteiger partial charge < -0.3 is 19.5 Å². The quantitative estimate of drug-likeness (QED) is 0.856. The SMILES string of the molecule is CCOc1ccc(OCC(=O)N2C(C(=O)O)CC3CCCCC32)cc1. The number of carbonyl (C=O) groups is 2. The summed E-state index contributed by atoms with van der Waals surface area (Å²) in [5, 5.41) is 9.50. The number of carbonyl (C=O) groups excluding carboxylic acids is 1. The van der Waals surface area contributed by atoms with Crippen LogP contribution < -0.4 is 9.47 Å². The van der Waals surface area contributed by atoms with Gasteiger partial charge in [-0.3, -0.25) is 4.79 Å². The average Bonchev–Trinajstić information content (AvgIpc) is 3.01. The molecule has 1 N–H and O–H groups in total. The number of aliphatic carboxylic acids is 1. The standard InChI is InChI=1S/C19H25NO5/c1-2-24-14-7-9-15(10-8-14)25-12-18(21)20-16-6-4-3-5-13(16)11-17(20)19(22)23/h7-10,13,16-17H,2-6,11-12H2,1H3,(H,22,23). The van der Waals surface area contributed by atoms with Gasteiger partial charge in [0.15, 0.2) is 6.61 Å². The number of carboxylic acids is 1. The van der Waals surface area contributed by atoms with Crippen molar-refractivity contribution in [1.29, 1.82) is 0 Å². The molecule has 1 saturated heterocycles. The third-order valence-corrected chi connectivity index (χ3v) is 5.16. The maximum absolute atomic E-state index is 12.7. The summed E-state index contributed by atoms with van der Waals surface area (Å²) in [5.74, 6) is 0.476. The molecule has 6 heteroatoms. The van der Waals surface area contributed by atoms with Crippen molar-refractivity contribution in [3.63, 3.8) is 0 Å². The zero-order valence-electron chi connectivity index (χ0n) is 14.5. The lowest BCUT2D eigenvalue weighted by atomic mass is 9.85. The van der Waals surface area contributed by atoms with Crippen LogP contribution in [0.15, 0.2) is 24.3 Å². The third kappa shape index (κ3) is 3.89. The minimum absolute atomic E-state index is 0.0475. The summed E-state index contributed by atoms with van der Waals surface area (Å²) in [4.78, 5) is 25.8. The van der Waals surface area contributed by atoms with Gasteiger partial charge in [-0.1, -0.05) is 12.8 Å². The van der Waals surface area contributed by atoms with Gasteiger partial charge in [0.25, 0.3) is 5.91 Å². The first-order chi connectivity index (χ1) is 12.1. The van der Waals surface area contributed by atoms with E-state index >= 15 is 0 Å². The summed E-state index contributed by atoms with van der Waals surface area (Å²) in [5.41, 5.74) is 0. The molecule has 3 unspecified atom stereocenters. The van der Waals surface area contributed by atoms with Gasteiger partial charge in [-0.05, 0) is 56.4 Å². The maximum Gasteiger partial charge on any atom is 0.326 e. The predicted molar refractivity (Wildman–Crippen MR) is 91.7 cm³/mol. The van der Waals surface area contributed by atoms with E-state index in [0.29, 0.717) is 24.7 Å². The second-order valence-corrected chi connectivity index (χ2v) is 6.70. The first kappa shape index (κ1) is 17.6. The minimum Gasteiger partial charge on any atom is -0.494 e.